The van der Waals surface area contributed by atoms with Gasteiger partial charge in [0.15, 0.2) is 0 Å². The molecule has 0 bridgehead atoms. The first-order valence-electron chi connectivity index (χ1n) is 10.8. The summed E-state index contributed by atoms with van der Waals surface area (Å²) in [6, 6.07) is 29.6. The molecule has 2 atom stereocenters. The van der Waals surface area contributed by atoms with Gasteiger partial charge in [-0.15, -0.1) is 0 Å². The van der Waals surface area contributed by atoms with Gasteiger partial charge >= 0.3 is 0 Å². The van der Waals surface area contributed by atoms with E-state index in [1.807, 2.05) is 80.6 Å². The number of phenolic OH excluding ortho intramolecular Hbond substituents is 1. The highest BCUT2D eigenvalue weighted by Crippen LogP contribution is 2.47. The van der Waals surface area contributed by atoms with Crippen LogP contribution in [0.1, 0.15) is 47.9 Å². The summed E-state index contributed by atoms with van der Waals surface area (Å²) in [4.78, 5) is -0.206. The van der Waals surface area contributed by atoms with Crippen LogP contribution in [-0.2, 0) is 10.1 Å². The van der Waals surface area contributed by atoms with Gasteiger partial charge in [-0.2, -0.15) is 8.42 Å². The Bertz CT molecular complexity index is 1350. The standard InChI is InChI=1S/C28H26O4S/c1-19(21-12-6-3-7-13-21)24-18-25(33(30,31)32)27(23-16-10-5-11-17-23)26(28(24)29)20(2)22-14-8-4-9-15-22/h3-20,29H,1-2H3,(H,30,31,32). The third-order valence-electron chi connectivity index (χ3n) is 6.17. The Hall–Kier alpha value is -3.41. The normalized spacial score (nSPS) is 13.4. The van der Waals surface area contributed by atoms with Gasteiger partial charge in [-0.1, -0.05) is 105 Å². The molecule has 0 saturated heterocycles. The highest BCUT2D eigenvalue weighted by molar-refractivity contribution is 7.86. The van der Waals surface area contributed by atoms with Crippen LogP contribution >= 0.6 is 0 Å². The molecule has 0 spiro atoms. The first kappa shape index (κ1) is 22.8. The predicted octanol–water partition coefficient (Wildman–Crippen LogP) is 6.61. The number of hydrogen-bond acceptors (Lipinski definition) is 3. The molecule has 4 nitrogen and oxygen atoms in total. The van der Waals surface area contributed by atoms with Gasteiger partial charge in [-0.25, -0.2) is 0 Å². The van der Waals surface area contributed by atoms with Crippen molar-refractivity contribution >= 4 is 10.1 Å². The fraction of sp³-hybridized carbons (Fsp3) is 0.143. The van der Waals surface area contributed by atoms with Crippen molar-refractivity contribution in [2.24, 2.45) is 0 Å². The number of hydrogen-bond donors (Lipinski definition) is 2. The van der Waals surface area contributed by atoms with E-state index in [0.29, 0.717) is 22.3 Å². The molecule has 0 aliphatic carbocycles. The summed E-state index contributed by atoms with van der Waals surface area (Å²) in [5.41, 5.74) is 3.70. The summed E-state index contributed by atoms with van der Waals surface area (Å²) < 4.78 is 35.5. The number of rotatable bonds is 6. The molecule has 0 saturated carbocycles. The number of phenols is 1. The summed E-state index contributed by atoms with van der Waals surface area (Å²) >= 11 is 0. The molecule has 2 N–H and O–H groups in total. The third kappa shape index (κ3) is 4.56. The summed E-state index contributed by atoms with van der Waals surface area (Å²) in [6.45, 7) is 3.85. The van der Waals surface area contributed by atoms with Crippen molar-refractivity contribution in [2.75, 3.05) is 0 Å². The van der Waals surface area contributed by atoms with Gasteiger partial charge in [0, 0.05) is 28.5 Å². The maximum atomic E-state index is 12.6. The minimum atomic E-state index is -4.59. The fourth-order valence-electron chi connectivity index (χ4n) is 4.38. The van der Waals surface area contributed by atoms with Crippen LogP contribution in [0.25, 0.3) is 11.1 Å². The lowest BCUT2D eigenvalue weighted by molar-refractivity contribution is 0.455. The average molecular weight is 459 g/mol. The largest absolute Gasteiger partial charge is 0.507 e. The van der Waals surface area contributed by atoms with E-state index < -0.39 is 10.1 Å². The highest BCUT2D eigenvalue weighted by atomic mass is 32.2. The average Bonchev–Trinajstić information content (AvgIpc) is 2.84. The zero-order valence-corrected chi connectivity index (χ0v) is 19.3. The van der Waals surface area contributed by atoms with E-state index in [4.69, 9.17) is 0 Å². The Morgan fingerprint density at radius 2 is 1.15 bits per heavy atom. The minimum Gasteiger partial charge on any atom is -0.507 e. The molecule has 33 heavy (non-hydrogen) atoms. The molecule has 4 aromatic carbocycles. The van der Waals surface area contributed by atoms with Gasteiger partial charge in [-0.05, 0) is 22.8 Å². The molecule has 4 aromatic rings. The first-order valence-corrected chi connectivity index (χ1v) is 12.3. The molecule has 0 fully saturated rings. The van der Waals surface area contributed by atoms with Gasteiger partial charge in [0.05, 0.1) is 0 Å². The molecule has 4 rings (SSSR count). The van der Waals surface area contributed by atoms with Crippen LogP contribution in [0.15, 0.2) is 102 Å². The Morgan fingerprint density at radius 3 is 1.64 bits per heavy atom. The van der Waals surface area contributed by atoms with Crippen molar-refractivity contribution < 1.29 is 18.1 Å². The van der Waals surface area contributed by atoms with E-state index in [-0.39, 0.29) is 22.5 Å². The maximum absolute atomic E-state index is 12.6. The lowest BCUT2D eigenvalue weighted by atomic mass is 9.82. The van der Waals surface area contributed by atoms with Crippen LogP contribution in [0.4, 0.5) is 0 Å². The van der Waals surface area contributed by atoms with Gasteiger partial charge in [0.25, 0.3) is 10.1 Å². The van der Waals surface area contributed by atoms with Crippen LogP contribution < -0.4 is 0 Å². The van der Waals surface area contributed by atoms with Crippen molar-refractivity contribution in [2.45, 2.75) is 30.6 Å². The summed E-state index contributed by atoms with van der Waals surface area (Å²) in [5, 5.41) is 11.6. The van der Waals surface area contributed by atoms with Crippen molar-refractivity contribution in [1.29, 1.82) is 0 Å². The van der Waals surface area contributed by atoms with Crippen LogP contribution in [0, 0.1) is 0 Å². The van der Waals surface area contributed by atoms with Crippen molar-refractivity contribution in [3.8, 4) is 16.9 Å². The molecule has 0 aliphatic rings. The van der Waals surface area contributed by atoms with E-state index in [1.54, 1.807) is 24.3 Å². The fourth-order valence-corrected chi connectivity index (χ4v) is 5.14. The van der Waals surface area contributed by atoms with Crippen molar-refractivity contribution in [3.63, 3.8) is 0 Å². The van der Waals surface area contributed by atoms with E-state index in [2.05, 4.69) is 0 Å². The van der Waals surface area contributed by atoms with Gasteiger partial charge < -0.3 is 5.11 Å². The zero-order valence-electron chi connectivity index (χ0n) is 18.5. The molecule has 5 heteroatoms. The van der Waals surface area contributed by atoms with Crippen LogP contribution in [0.2, 0.25) is 0 Å². The van der Waals surface area contributed by atoms with Gasteiger partial charge in [0.1, 0.15) is 10.6 Å². The Balaban J connectivity index is 2.09. The quantitative estimate of drug-likeness (QED) is 0.319. The summed E-state index contributed by atoms with van der Waals surface area (Å²) in [7, 11) is -4.59. The Kier molecular flexibility index (Phi) is 6.36. The van der Waals surface area contributed by atoms with E-state index in [0.717, 1.165) is 11.1 Å². The zero-order chi connectivity index (χ0) is 23.6. The van der Waals surface area contributed by atoms with Crippen LogP contribution in [0.3, 0.4) is 0 Å². The molecule has 0 heterocycles. The topological polar surface area (TPSA) is 74.6 Å². The number of aromatic hydroxyl groups is 1. The van der Waals surface area contributed by atoms with Gasteiger partial charge in [-0.3, -0.25) is 4.55 Å². The molecular weight excluding hydrogens is 432 g/mol. The highest BCUT2D eigenvalue weighted by Gasteiger charge is 2.30. The molecule has 0 aromatic heterocycles. The minimum absolute atomic E-state index is 0.0361. The Labute approximate surface area is 194 Å². The molecule has 0 aliphatic heterocycles. The van der Waals surface area contributed by atoms with Crippen LogP contribution in [-0.4, -0.2) is 18.1 Å². The molecule has 2 unspecified atom stereocenters. The first-order chi connectivity index (χ1) is 15.8. The monoisotopic (exact) mass is 458 g/mol. The number of benzene rings is 4. The predicted molar refractivity (Wildman–Crippen MR) is 131 cm³/mol. The lowest BCUT2D eigenvalue weighted by Gasteiger charge is -2.25. The van der Waals surface area contributed by atoms with Crippen molar-refractivity contribution in [1.82, 2.24) is 0 Å². The lowest BCUT2D eigenvalue weighted by Crippen LogP contribution is -2.10. The van der Waals surface area contributed by atoms with E-state index >= 15 is 0 Å². The second-order valence-electron chi connectivity index (χ2n) is 8.21. The maximum Gasteiger partial charge on any atom is 0.295 e. The van der Waals surface area contributed by atoms with Crippen LogP contribution in [0.5, 0.6) is 5.75 Å². The SMILES string of the molecule is CC(c1ccccc1)c1cc(S(=O)(=O)O)c(-c2ccccc2)c(C(C)c2ccccc2)c1O. The third-order valence-corrected chi connectivity index (χ3v) is 7.05. The van der Waals surface area contributed by atoms with E-state index in [9.17, 15) is 18.1 Å². The molecule has 0 amide bonds. The Morgan fingerprint density at radius 1 is 0.697 bits per heavy atom. The summed E-state index contributed by atoms with van der Waals surface area (Å²) in [5.74, 6) is -0.586. The van der Waals surface area contributed by atoms with E-state index in [1.165, 1.54) is 6.07 Å². The van der Waals surface area contributed by atoms with Crippen molar-refractivity contribution in [3.05, 3.63) is 119 Å². The molecule has 0 radical (unpaired) electrons. The summed E-state index contributed by atoms with van der Waals surface area (Å²) in [6.07, 6.45) is 0. The smallest absolute Gasteiger partial charge is 0.295 e. The van der Waals surface area contributed by atoms with Gasteiger partial charge in [0.2, 0.25) is 0 Å². The second kappa shape index (κ2) is 9.22. The molecule has 168 valence electrons. The second-order valence-corrected chi connectivity index (χ2v) is 9.60. The molecular formula is C28H26O4S.